The zero-order chi connectivity index (χ0) is 16.8. The molecule has 0 aromatic heterocycles. The summed E-state index contributed by atoms with van der Waals surface area (Å²) in [5.74, 6) is 1.35. The minimum absolute atomic E-state index is 0.188. The monoisotopic (exact) mass is 342 g/mol. The Labute approximate surface area is 149 Å². The number of rotatable bonds is 5. The molecule has 2 heteroatoms. The number of aryl methyl sites for hydroxylation is 1. The molecule has 0 bridgehead atoms. The normalized spacial score (nSPS) is 21.2. The SMILES string of the molecule is Fc1ccc(-c2ccc(CCC3CCC(C=CCl)CC3)cc2)cc1. The highest BCUT2D eigenvalue weighted by molar-refractivity contribution is 6.25. The van der Waals surface area contributed by atoms with Gasteiger partial charge in [0.05, 0.1) is 0 Å². The molecule has 0 atom stereocenters. The largest absolute Gasteiger partial charge is 0.207 e. The molecule has 0 saturated heterocycles. The molecule has 0 N–H and O–H groups in total. The topological polar surface area (TPSA) is 0 Å². The van der Waals surface area contributed by atoms with E-state index in [1.807, 2.05) is 12.1 Å². The van der Waals surface area contributed by atoms with E-state index in [4.69, 9.17) is 11.6 Å². The van der Waals surface area contributed by atoms with E-state index in [0.717, 1.165) is 23.5 Å². The minimum atomic E-state index is -0.188. The summed E-state index contributed by atoms with van der Waals surface area (Å²) in [7, 11) is 0. The second-order valence-electron chi connectivity index (χ2n) is 6.84. The van der Waals surface area contributed by atoms with Crippen LogP contribution in [-0.4, -0.2) is 0 Å². The van der Waals surface area contributed by atoms with Crippen molar-refractivity contribution in [2.75, 3.05) is 0 Å². The molecule has 1 aliphatic rings. The maximum absolute atomic E-state index is 13.0. The van der Waals surface area contributed by atoms with E-state index in [2.05, 4.69) is 30.3 Å². The van der Waals surface area contributed by atoms with Gasteiger partial charge in [0.25, 0.3) is 0 Å². The standard InChI is InChI=1S/C22H24ClF/c23-16-15-19-5-3-17(4-6-19)1-2-18-7-9-20(10-8-18)21-11-13-22(24)14-12-21/h7-17,19H,1-6H2. The predicted molar refractivity (Wildman–Crippen MR) is 101 cm³/mol. The number of benzene rings is 2. The van der Waals surface area contributed by atoms with E-state index in [9.17, 15) is 4.39 Å². The van der Waals surface area contributed by atoms with E-state index in [1.54, 1.807) is 5.54 Å². The average molecular weight is 343 g/mol. The van der Waals surface area contributed by atoms with Crippen LogP contribution in [0.4, 0.5) is 4.39 Å². The van der Waals surface area contributed by atoms with E-state index in [1.165, 1.54) is 49.8 Å². The second-order valence-corrected chi connectivity index (χ2v) is 7.09. The molecule has 2 aromatic carbocycles. The lowest BCUT2D eigenvalue weighted by atomic mass is 9.79. The van der Waals surface area contributed by atoms with Crippen molar-refractivity contribution in [1.82, 2.24) is 0 Å². The Morgan fingerprint density at radius 2 is 1.46 bits per heavy atom. The molecule has 126 valence electrons. The molecule has 3 rings (SSSR count). The highest BCUT2D eigenvalue weighted by Crippen LogP contribution is 2.32. The molecule has 0 radical (unpaired) electrons. The van der Waals surface area contributed by atoms with Crippen molar-refractivity contribution in [1.29, 1.82) is 0 Å². The summed E-state index contributed by atoms with van der Waals surface area (Å²) >= 11 is 5.68. The first-order valence-corrected chi connectivity index (χ1v) is 9.30. The van der Waals surface area contributed by atoms with Crippen molar-refractivity contribution in [3.05, 3.63) is 71.5 Å². The maximum Gasteiger partial charge on any atom is 0.123 e. The number of allylic oxidation sites excluding steroid dienone is 1. The van der Waals surface area contributed by atoms with Gasteiger partial charge in [-0.05, 0) is 79.2 Å². The summed E-state index contributed by atoms with van der Waals surface area (Å²) in [6, 6.07) is 15.4. The summed E-state index contributed by atoms with van der Waals surface area (Å²) in [6.07, 6.45) is 9.75. The van der Waals surface area contributed by atoms with Crippen molar-refractivity contribution >= 4 is 11.6 Å². The van der Waals surface area contributed by atoms with Crippen LogP contribution in [0.2, 0.25) is 0 Å². The number of hydrogen-bond donors (Lipinski definition) is 0. The number of hydrogen-bond acceptors (Lipinski definition) is 0. The Bertz CT molecular complexity index is 649. The molecule has 0 unspecified atom stereocenters. The minimum Gasteiger partial charge on any atom is -0.207 e. The van der Waals surface area contributed by atoms with Crippen molar-refractivity contribution < 1.29 is 4.39 Å². The van der Waals surface area contributed by atoms with Gasteiger partial charge in [-0.2, -0.15) is 0 Å². The van der Waals surface area contributed by atoms with E-state index < -0.39 is 0 Å². The fourth-order valence-corrected chi connectivity index (χ4v) is 3.85. The fraction of sp³-hybridized carbons (Fsp3) is 0.364. The van der Waals surface area contributed by atoms with Gasteiger partial charge in [0.15, 0.2) is 0 Å². The first-order valence-electron chi connectivity index (χ1n) is 8.86. The predicted octanol–water partition coefficient (Wildman–Crippen LogP) is 6.98. The molecule has 1 saturated carbocycles. The van der Waals surface area contributed by atoms with Crippen molar-refractivity contribution in [3.63, 3.8) is 0 Å². The van der Waals surface area contributed by atoms with Crippen LogP contribution >= 0.6 is 11.6 Å². The third-order valence-corrected chi connectivity index (χ3v) is 5.35. The second kappa shape index (κ2) is 8.48. The van der Waals surface area contributed by atoms with Crippen molar-refractivity contribution in [2.24, 2.45) is 11.8 Å². The molecular formula is C22H24ClF. The van der Waals surface area contributed by atoms with Crippen LogP contribution in [0.5, 0.6) is 0 Å². The Kier molecular flexibility index (Phi) is 6.09. The first-order chi connectivity index (χ1) is 11.7. The van der Waals surface area contributed by atoms with Gasteiger partial charge < -0.3 is 0 Å². The molecule has 0 amide bonds. The Balaban J connectivity index is 1.51. The van der Waals surface area contributed by atoms with E-state index in [0.29, 0.717) is 5.92 Å². The van der Waals surface area contributed by atoms with Crippen LogP contribution in [0.1, 0.15) is 37.7 Å². The summed E-state index contributed by atoms with van der Waals surface area (Å²) in [4.78, 5) is 0. The molecule has 1 fully saturated rings. The molecule has 24 heavy (non-hydrogen) atoms. The third kappa shape index (κ3) is 4.70. The third-order valence-electron chi connectivity index (χ3n) is 5.21. The van der Waals surface area contributed by atoms with Crippen LogP contribution in [0.3, 0.4) is 0 Å². The first kappa shape index (κ1) is 17.2. The zero-order valence-electron chi connectivity index (χ0n) is 13.9. The average Bonchev–Trinajstić information content (AvgIpc) is 2.63. The Hall–Kier alpha value is -1.60. The maximum atomic E-state index is 13.0. The highest BCUT2D eigenvalue weighted by Gasteiger charge is 2.19. The van der Waals surface area contributed by atoms with Gasteiger partial charge in [-0.3, -0.25) is 0 Å². The fourth-order valence-electron chi connectivity index (χ4n) is 3.65. The zero-order valence-corrected chi connectivity index (χ0v) is 14.7. The van der Waals surface area contributed by atoms with Crippen LogP contribution in [0.25, 0.3) is 11.1 Å². The van der Waals surface area contributed by atoms with Crippen LogP contribution in [0.15, 0.2) is 60.1 Å². The highest BCUT2D eigenvalue weighted by atomic mass is 35.5. The van der Waals surface area contributed by atoms with Crippen LogP contribution in [-0.2, 0) is 6.42 Å². The van der Waals surface area contributed by atoms with Gasteiger partial charge >= 0.3 is 0 Å². The lowest BCUT2D eigenvalue weighted by Gasteiger charge is -2.26. The lowest BCUT2D eigenvalue weighted by molar-refractivity contribution is 0.296. The smallest absolute Gasteiger partial charge is 0.123 e. The van der Waals surface area contributed by atoms with E-state index >= 15 is 0 Å². The van der Waals surface area contributed by atoms with Crippen molar-refractivity contribution in [3.8, 4) is 11.1 Å². The van der Waals surface area contributed by atoms with Gasteiger partial charge in [0.2, 0.25) is 0 Å². The van der Waals surface area contributed by atoms with Gasteiger partial charge in [-0.1, -0.05) is 54.1 Å². The molecule has 0 aliphatic heterocycles. The van der Waals surface area contributed by atoms with E-state index in [-0.39, 0.29) is 5.82 Å². The van der Waals surface area contributed by atoms with Crippen LogP contribution < -0.4 is 0 Å². The Morgan fingerprint density at radius 1 is 0.875 bits per heavy atom. The molecule has 0 heterocycles. The summed E-state index contributed by atoms with van der Waals surface area (Å²) in [6.45, 7) is 0. The summed E-state index contributed by atoms with van der Waals surface area (Å²) in [5.41, 5.74) is 5.28. The molecule has 1 aliphatic carbocycles. The van der Waals surface area contributed by atoms with Crippen molar-refractivity contribution in [2.45, 2.75) is 38.5 Å². The summed E-state index contributed by atoms with van der Waals surface area (Å²) in [5, 5.41) is 0. The van der Waals surface area contributed by atoms with Gasteiger partial charge in [0, 0.05) is 5.54 Å². The molecule has 0 nitrogen and oxygen atoms in total. The molecule has 0 spiro atoms. The quantitative estimate of drug-likeness (QED) is 0.549. The summed E-state index contributed by atoms with van der Waals surface area (Å²) < 4.78 is 13.0. The molecule has 2 aromatic rings. The van der Waals surface area contributed by atoms with Gasteiger partial charge in [0.1, 0.15) is 5.82 Å². The van der Waals surface area contributed by atoms with Gasteiger partial charge in [-0.25, -0.2) is 4.39 Å². The lowest BCUT2D eigenvalue weighted by Crippen LogP contribution is -2.13. The van der Waals surface area contributed by atoms with Crippen LogP contribution in [0, 0.1) is 17.7 Å². The number of halogens is 2. The molecular weight excluding hydrogens is 319 g/mol. The van der Waals surface area contributed by atoms with Gasteiger partial charge in [-0.15, -0.1) is 0 Å². The Morgan fingerprint density at radius 3 is 2.04 bits per heavy atom.